The van der Waals surface area contributed by atoms with Crippen molar-refractivity contribution in [1.82, 2.24) is 37.0 Å². The Morgan fingerprint density at radius 2 is 0.852 bits per heavy atom. The van der Waals surface area contributed by atoms with Crippen molar-refractivity contribution >= 4 is 130 Å². The van der Waals surface area contributed by atoms with Crippen LogP contribution in [0.1, 0.15) is 118 Å². The van der Waals surface area contributed by atoms with Gasteiger partial charge in [-0.15, -0.1) is 0 Å². The molecular weight excluding hydrogens is 1830 g/mol. The molecule has 0 spiro atoms. The number of rotatable bonds is 25. The minimum atomic E-state index is -4.00. The Hall–Kier alpha value is -16.0. The van der Waals surface area contributed by atoms with Gasteiger partial charge in [-0.05, 0) is 85.1 Å². The molecule has 10 heterocycles. The molecule has 726 valence electrons. The molecule has 0 fully saturated rings. The van der Waals surface area contributed by atoms with E-state index in [4.69, 9.17) is 34.4 Å². The van der Waals surface area contributed by atoms with E-state index in [1.165, 1.54) is 156 Å². The molecule has 48 nitrogen and oxygen atoms in total. The van der Waals surface area contributed by atoms with E-state index in [0.717, 1.165) is 54.6 Å². The van der Waals surface area contributed by atoms with Gasteiger partial charge >= 0.3 is 53.4 Å². The van der Waals surface area contributed by atoms with Gasteiger partial charge in [-0.2, -0.15) is 16.8 Å². The predicted octanol–water partition coefficient (Wildman–Crippen LogP) is 9.46. The smallest absolute Gasteiger partial charge is 0.378 e. The van der Waals surface area contributed by atoms with Gasteiger partial charge < -0.3 is 108 Å². The molecule has 11 aromatic rings. The summed E-state index contributed by atoms with van der Waals surface area (Å²) in [7, 11) is 11.9. The number of H-pyrrole nitrogens is 1. The SMILES string of the molecule is C=Cc1c([N+](=O)[O-])cn(C)c1C(=O)OC.COC(=O)c1c(CCO)c([N+](=O)[O-])cn1C.COC(=O)c1c(CCOS(=O)(=O)c2ccc(C)cc2)c(N)cn1C.COC(=O)c1c(CCOS(=O)(=O)c2ccc(C)cc2)c([N+](=O)[O-])cn1C.COC(=O)c1c2c(c([N+](=O)[O-])n1C)NCC2.COC(=O)c1c2c(cn1C)NCC2.COC(=O)c1c2cc[nH]c2c([N+](=O)[O-])n1C.Nc1ccc(F)c(F)c1. The second-order valence-electron chi connectivity index (χ2n) is 28.5. The first-order valence-electron chi connectivity index (χ1n) is 39.3. The number of nitro groups is 5. The fourth-order valence-electron chi connectivity index (χ4n) is 13.8. The Bertz CT molecular complexity index is 6530. The van der Waals surface area contributed by atoms with E-state index in [0.29, 0.717) is 52.1 Å². The lowest BCUT2D eigenvalue weighted by molar-refractivity contribution is -0.390. The molecule has 2 aliphatic heterocycles. The lowest BCUT2D eigenvalue weighted by Crippen LogP contribution is -2.13. The van der Waals surface area contributed by atoms with Gasteiger partial charge in [0.15, 0.2) is 11.6 Å². The number of aryl methyl sites for hydroxylation is 7. The second kappa shape index (κ2) is 47.7. The molecular formula is C83H97F2N17O31S2. The number of hydrogen-bond acceptors (Lipinski definition) is 35. The number of nitrogens with two attached hydrogens (primary N) is 2. The van der Waals surface area contributed by atoms with Crippen LogP contribution in [0, 0.1) is 76.1 Å². The van der Waals surface area contributed by atoms with Gasteiger partial charge in [0.05, 0.1) is 154 Å². The first-order chi connectivity index (χ1) is 63.6. The highest BCUT2D eigenvalue weighted by molar-refractivity contribution is 7.87. The number of benzene rings is 3. The Morgan fingerprint density at radius 3 is 1.29 bits per heavy atom. The van der Waals surface area contributed by atoms with Gasteiger partial charge in [-0.3, -0.25) is 38.7 Å². The van der Waals surface area contributed by atoms with E-state index in [-0.39, 0.29) is 140 Å². The van der Waals surface area contributed by atoms with Gasteiger partial charge in [0.25, 0.3) is 37.3 Å². The van der Waals surface area contributed by atoms with E-state index in [1.807, 2.05) is 31.7 Å². The number of carbonyl (C=O) groups is 7. The van der Waals surface area contributed by atoms with Crippen molar-refractivity contribution in [2.24, 2.45) is 49.3 Å². The van der Waals surface area contributed by atoms with E-state index in [1.54, 1.807) is 54.3 Å². The van der Waals surface area contributed by atoms with Gasteiger partial charge in [-0.1, -0.05) is 48.0 Å². The van der Waals surface area contributed by atoms with Gasteiger partial charge in [-0.25, -0.2) is 51.5 Å². The predicted molar refractivity (Wildman–Crippen MR) is 479 cm³/mol. The zero-order valence-corrected chi connectivity index (χ0v) is 77.2. The van der Waals surface area contributed by atoms with Crippen LogP contribution in [0.25, 0.3) is 17.0 Å². The standard InChI is InChI=1S/C16H18N2O7S.C16H20N2O5S.C9H11N3O4.C9H9N3O4.C9H12N2O5.C9H10N2O4.C9H12N2O2.C6H5F2N/c1-11-4-6-12(7-5-11)26(22,23)25-9-8-13-14(18(20)21)10-17(2)15(13)16(19)24-3;1-11-4-6-12(7-5-11)24(20,21)23-9-8-13-14(17)10-18(2)15(13)16(19)22-3;2*1-11-7(9(13)16-2)5-3-4-10-6(5)8(11)12(14)15;1-10-5-7(11(14)15)6(3-4-12)8(10)9(13)16-2;1-4-6-7(11(13)14)5-10(2)8(6)9(12)15-3;1-11-5-7-6(3-4-10-7)8(11)9(12)13-2;7-5-2-1-4(9)3-6(5)8/h4-7,10H,8-9H2,1-3H3;4-7,10H,8-9,17H2,1-3H3;10H,3-4H2,1-2H3;3-4,10H,1-2H3;5,12H,3-4H2,1-2H3;4-5H,1H2,2-3H3;5,10H,3-4H2,1-2H3;1-3H,9H2. The molecule has 52 heteroatoms. The Labute approximate surface area is 767 Å². The maximum atomic E-state index is 12.2. The highest BCUT2D eigenvalue weighted by atomic mass is 32.2. The van der Waals surface area contributed by atoms with Gasteiger partial charge in [0.2, 0.25) is 11.4 Å². The number of fused-ring (bicyclic) bond motifs is 3. The molecule has 2 aliphatic rings. The third kappa shape index (κ3) is 25.8. The molecule has 13 rings (SSSR count). The quantitative estimate of drug-likeness (QED) is 0.00774. The van der Waals surface area contributed by atoms with Crippen molar-refractivity contribution in [3.8, 4) is 0 Å². The van der Waals surface area contributed by atoms with Crippen molar-refractivity contribution in [3.05, 3.63) is 263 Å². The maximum Gasteiger partial charge on any atom is 0.378 e. The van der Waals surface area contributed by atoms with E-state index >= 15 is 0 Å². The Balaban J connectivity index is 0.000000241. The number of nitrogens with zero attached hydrogens (tertiary/aromatic N) is 12. The molecule has 0 aliphatic carbocycles. The van der Waals surface area contributed by atoms with Crippen LogP contribution in [0.4, 0.5) is 60.2 Å². The number of nitrogen functional groups attached to an aromatic ring is 2. The zero-order valence-electron chi connectivity index (χ0n) is 75.5. The van der Waals surface area contributed by atoms with Crippen LogP contribution in [0.15, 0.2) is 126 Å². The summed E-state index contributed by atoms with van der Waals surface area (Å²) in [5.41, 5.74) is 18.9. The van der Waals surface area contributed by atoms with Crippen molar-refractivity contribution in [3.63, 3.8) is 0 Å². The van der Waals surface area contributed by atoms with E-state index in [2.05, 4.69) is 45.9 Å². The zero-order chi connectivity index (χ0) is 101. The first kappa shape index (κ1) is 108. The third-order valence-electron chi connectivity index (χ3n) is 19.9. The number of hydrogen-bond donors (Lipinski definition) is 6. The Kier molecular flexibility index (Phi) is 38.1. The second-order valence-corrected chi connectivity index (χ2v) is 31.7. The summed E-state index contributed by atoms with van der Waals surface area (Å²) in [5.74, 6) is -5.99. The monoisotopic (exact) mass is 1930 g/mol. The first-order valence-corrected chi connectivity index (χ1v) is 42.1. The molecule has 0 unspecified atom stereocenters. The number of aliphatic hydroxyl groups is 1. The number of aromatic amines is 1. The molecule has 0 radical (unpaired) electrons. The van der Waals surface area contributed by atoms with E-state index < -0.39 is 92.3 Å². The topological polar surface area (TPSA) is 633 Å². The van der Waals surface area contributed by atoms with Crippen LogP contribution in [-0.4, -0.2) is 208 Å². The minimum absolute atomic E-state index is 0.0150. The lowest BCUT2D eigenvalue weighted by Gasteiger charge is -2.08. The maximum absolute atomic E-state index is 12.2. The molecule has 0 amide bonds. The summed E-state index contributed by atoms with van der Waals surface area (Å²) in [6.07, 6.45) is 11.5. The molecule has 135 heavy (non-hydrogen) atoms. The number of halogens is 2. The van der Waals surface area contributed by atoms with Gasteiger partial charge in [0, 0.05) is 115 Å². The molecule has 0 saturated heterocycles. The number of methoxy groups -OCH3 is 7. The normalized spacial score (nSPS) is 11.3. The highest BCUT2D eigenvalue weighted by Crippen LogP contribution is 2.39. The number of anilines is 4. The van der Waals surface area contributed by atoms with Crippen LogP contribution >= 0.6 is 0 Å². The van der Waals surface area contributed by atoms with Crippen LogP contribution in [0.5, 0.6) is 0 Å². The van der Waals surface area contributed by atoms with Crippen LogP contribution in [-0.2, 0) is 143 Å². The van der Waals surface area contributed by atoms with Crippen molar-refractivity contribution in [1.29, 1.82) is 0 Å². The average Bonchev–Trinajstić information content (AvgIpc) is 1.61. The molecule has 8 aromatic heterocycles. The average molecular weight is 1930 g/mol. The largest absolute Gasteiger partial charge is 0.464 e. The number of nitrogens with one attached hydrogen (secondary N) is 3. The Morgan fingerprint density at radius 1 is 0.467 bits per heavy atom. The summed E-state index contributed by atoms with van der Waals surface area (Å²) >= 11 is 0. The molecule has 0 bridgehead atoms. The number of esters is 7. The lowest BCUT2D eigenvalue weighted by atomic mass is 10.1. The summed E-state index contributed by atoms with van der Waals surface area (Å²) < 4.78 is 125. The number of carbonyl (C=O) groups excluding carboxylic acids is 7. The highest BCUT2D eigenvalue weighted by Gasteiger charge is 2.38. The fraction of sp³-hybridized carbons (Fsp3) is 0.313. The number of ether oxygens (including phenoxy) is 7. The van der Waals surface area contributed by atoms with Crippen molar-refractivity contribution in [2.75, 3.05) is 105 Å². The van der Waals surface area contributed by atoms with Crippen LogP contribution in [0.3, 0.4) is 0 Å². The number of aliphatic hydroxyl groups excluding tert-OH is 1. The summed E-state index contributed by atoms with van der Waals surface area (Å²) in [4.78, 5) is 135. The van der Waals surface area contributed by atoms with Crippen molar-refractivity contribution in [2.45, 2.75) is 55.7 Å². The van der Waals surface area contributed by atoms with Crippen LogP contribution in [0.2, 0.25) is 0 Å². The van der Waals surface area contributed by atoms with Crippen molar-refractivity contribution < 1.29 is 130 Å². The third-order valence-corrected chi connectivity index (χ3v) is 22.6. The molecule has 8 N–H and O–H groups in total. The number of aromatic nitrogens is 8. The minimum Gasteiger partial charge on any atom is -0.464 e. The van der Waals surface area contributed by atoms with Crippen LogP contribution < -0.4 is 22.1 Å². The van der Waals surface area contributed by atoms with E-state index in [9.17, 15) is 110 Å². The molecule has 0 atom stereocenters. The summed E-state index contributed by atoms with van der Waals surface area (Å²) in [6, 6.07) is 17.3. The summed E-state index contributed by atoms with van der Waals surface area (Å²) in [6.45, 7) is 7.89. The van der Waals surface area contributed by atoms with Gasteiger partial charge in [0.1, 0.15) is 39.7 Å². The molecule has 0 saturated carbocycles. The summed E-state index contributed by atoms with van der Waals surface area (Å²) in [5, 5.41) is 69.8. The fourth-order valence-corrected chi connectivity index (χ4v) is 15.6. The molecule has 3 aromatic carbocycles.